The fourth-order valence-electron chi connectivity index (χ4n) is 1.73. The Morgan fingerprint density at radius 3 is 2.84 bits per heavy atom. The molecule has 0 spiro atoms. The van der Waals surface area contributed by atoms with E-state index in [1.807, 2.05) is 0 Å². The Bertz CT molecular complexity index is 519. The van der Waals surface area contributed by atoms with Crippen LogP contribution in [0.5, 0.6) is 5.75 Å². The van der Waals surface area contributed by atoms with E-state index in [1.165, 1.54) is 0 Å². The van der Waals surface area contributed by atoms with E-state index in [9.17, 15) is 14.9 Å². The maximum absolute atomic E-state index is 11.5. The lowest BCUT2D eigenvalue weighted by molar-refractivity contribution is -0.497. The zero-order chi connectivity index (χ0) is 14.0. The highest BCUT2D eigenvalue weighted by molar-refractivity contribution is 9.10. The van der Waals surface area contributed by atoms with Gasteiger partial charge >= 0.3 is 5.97 Å². The van der Waals surface area contributed by atoms with Crippen LogP contribution in [-0.2, 0) is 16.1 Å². The second-order valence-electron chi connectivity index (χ2n) is 4.27. The van der Waals surface area contributed by atoms with Gasteiger partial charge in [0.05, 0.1) is 11.6 Å². The maximum Gasteiger partial charge on any atom is 0.316 e. The summed E-state index contributed by atoms with van der Waals surface area (Å²) in [6, 6.07) is 4.54. The summed E-state index contributed by atoms with van der Waals surface area (Å²) in [5.74, 6) is -0.406. The molecule has 0 aliphatic heterocycles. The first-order valence-electron chi connectivity index (χ1n) is 5.65. The number of nitro groups is 1. The predicted octanol–water partition coefficient (Wildman–Crippen LogP) is 2.17. The molecule has 0 heterocycles. The molecule has 1 aliphatic rings. The molecule has 0 amide bonds. The molecule has 2 rings (SSSR count). The Hall–Kier alpha value is -1.63. The van der Waals surface area contributed by atoms with Gasteiger partial charge in [0.1, 0.15) is 18.3 Å². The van der Waals surface area contributed by atoms with Gasteiger partial charge in [0.15, 0.2) is 0 Å². The average Bonchev–Trinajstić information content (AvgIpc) is 3.16. The first kappa shape index (κ1) is 13.8. The highest BCUT2D eigenvalue weighted by Crippen LogP contribution is 2.34. The van der Waals surface area contributed by atoms with E-state index in [-0.39, 0.29) is 13.0 Å². The number of rotatable bonds is 5. The summed E-state index contributed by atoms with van der Waals surface area (Å²) in [5.41, 5.74) is 0.791. The van der Waals surface area contributed by atoms with Crippen molar-refractivity contribution in [3.63, 3.8) is 0 Å². The molecule has 2 unspecified atom stereocenters. The Balaban J connectivity index is 1.87. The fourth-order valence-corrected chi connectivity index (χ4v) is 2.32. The maximum atomic E-state index is 11.5. The monoisotopic (exact) mass is 329 g/mol. The van der Waals surface area contributed by atoms with Gasteiger partial charge in [-0.25, -0.2) is 0 Å². The first-order valence-corrected chi connectivity index (χ1v) is 6.44. The SMILES string of the molecule is COc1ccc(COC(=O)C2CC2[N+](=O)[O-])cc1Br. The minimum atomic E-state index is -0.768. The summed E-state index contributed by atoms with van der Waals surface area (Å²) < 4.78 is 10.9. The van der Waals surface area contributed by atoms with Crippen LogP contribution in [0.1, 0.15) is 12.0 Å². The van der Waals surface area contributed by atoms with E-state index < -0.39 is 22.9 Å². The zero-order valence-electron chi connectivity index (χ0n) is 10.2. The number of esters is 1. The predicted molar refractivity (Wildman–Crippen MR) is 69.4 cm³/mol. The highest BCUT2D eigenvalue weighted by atomic mass is 79.9. The number of halogens is 1. The van der Waals surface area contributed by atoms with Crippen molar-refractivity contribution in [1.82, 2.24) is 0 Å². The van der Waals surface area contributed by atoms with Crippen molar-refractivity contribution < 1.29 is 19.2 Å². The first-order chi connectivity index (χ1) is 9.02. The number of nitrogens with zero attached hydrogens (tertiary/aromatic N) is 1. The van der Waals surface area contributed by atoms with Crippen molar-refractivity contribution in [2.45, 2.75) is 19.1 Å². The zero-order valence-corrected chi connectivity index (χ0v) is 11.8. The van der Waals surface area contributed by atoms with Gasteiger partial charge in [0.2, 0.25) is 6.04 Å². The second-order valence-corrected chi connectivity index (χ2v) is 5.13. The summed E-state index contributed by atoms with van der Waals surface area (Å²) in [7, 11) is 1.56. The lowest BCUT2D eigenvalue weighted by Crippen LogP contribution is -2.13. The van der Waals surface area contributed by atoms with Gasteiger partial charge in [-0.15, -0.1) is 0 Å². The molecule has 1 saturated carbocycles. The van der Waals surface area contributed by atoms with E-state index in [1.54, 1.807) is 25.3 Å². The van der Waals surface area contributed by atoms with Gasteiger partial charge in [0, 0.05) is 11.3 Å². The summed E-state index contributed by atoms with van der Waals surface area (Å²) in [4.78, 5) is 21.5. The van der Waals surface area contributed by atoms with Crippen LogP contribution in [0.25, 0.3) is 0 Å². The van der Waals surface area contributed by atoms with Crippen LogP contribution in [0.15, 0.2) is 22.7 Å². The molecule has 1 fully saturated rings. The fraction of sp³-hybridized carbons (Fsp3) is 0.417. The van der Waals surface area contributed by atoms with Crippen molar-refractivity contribution in [2.75, 3.05) is 7.11 Å². The number of ether oxygens (including phenoxy) is 2. The largest absolute Gasteiger partial charge is 0.496 e. The average molecular weight is 330 g/mol. The van der Waals surface area contributed by atoms with Gasteiger partial charge in [-0.2, -0.15) is 0 Å². The molecular weight excluding hydrogens is 318 g/mol. The van der Waals surface area contributed by atoms with Gasteiger partial charge in [-0.1, -0.05) is 6.07 Å². The van der Waals surface area contributed by atoms with Crippen molar-refractivity contribution in [3.05, 3.63) is 38.3 Å². The van der Waals surface area contributed by atoms with Gasteiger partial charge in [0.25, 0.3) is 0 Å². The summed E-state index contributed by atoms with van der Waals surface area (Å²) in [5, 5.41) is 10.4. The van der Waals surface area contributed by atoms with E-state index in [0.717, 1.165) is 10.0 Å². The standard InChI is InChI=1S/C12H12BrNO5/c1-18-11-3-2-7(4-9(11)13)6-19-12(15)8-5-10(8)14(16)17/h2-4,8,10H,5-6H2,1H3. The number of hydrogen-bond acceptors (Lipinski definition) is 5. The van der Waals surface area contributed by atoms with E-state index in [4.69, 9.17) is 9.47 Å². The second kappa shape index (κ2) is 5.56. The third-order valence-corrected chi connectivity index (χ3v) is 3.55. The minimum absolute atomic E-state index is 0.0996. The van der Waals surface area contributed by atoms with E-state index in [0.29, 0.717) is 5.75 Å². The summed E-state index contributed by atoms with van der Waals surface area (Å²) in [6.07, 6.45) is 0.276. The third-order valence-electron chi connectivity index (χ3n) is 2.93. The number of carbonyl (C=O) groups is 1. The molecule has 7 heteroatoms. The molecule has 0 aromatic heterocycles. The van der Waals surface area contributed by atoms with Gasteiger partial charge in [-0.05, 0) is 33.6 Å². The summed E-state index contributed by atoms with van der Waals surface area (Å²) in [6.45, 7) is 0.0996. The molecule has 0 saturated heterocycles. The van der Waals surface area contributed by atoms with Crippen molar-refractivity contribution in [1.29, 1.82) is 0 Å². The number of hydrogen-bond donors (Lipinski definition) is 0. The molecule has 0 radical (unpaired) electrons. The molecule has 1 aromatic rings. The number of carbonyl (C=O) groups excluding carboxylic acids is 1. The van der Waals surface area contributed by atoms with Crippen molar-refractivity contribution in [2.24, 2.45) is 5.92 Å². The lowest BCUT2D eigenvalue weighted by Gasteiger charge is -2.07. The van der Waals surface area contributed by atoms with Crippen LogP contribution in [0.3, 0.4) is 0 Å². The quantitative estimate of drug-likeness (QED) is 0.470. The number of benzene rings is 1. The van der Waals surface area contributed by atoms with Crippen LogP contribution in [0, 0.1) is 16.0 Å². The molecule has 2 atom stereocenters. The molecular formula is C12H12BrNO5. The molecule has 6 nitrogen and oxygen atoms in total. The van der Waals surface area contributed by atoms with Crippen LogP contribution < -0.4 is 4.74 Å². The Morgan fingerprint density at radius 2 is 2.32 bits per heavy atom. The van der Waals surface area contributed by atoms with Gasteiger partial charge in [-0.3, -0.25) is 14.9 Å². The van der Waals surface area contributed by atoms with Crippen LogP contribution in [0.4, 0.5) is 0 Å². The number of methoxy groups -OCH3 is 1. The summed E-state index contributed by atoms with van der Waals surface area (Å²) >= 11 is 3.33. The Kier molecular flexibility index (Phi) is 4.04. The van der Waals surface area contributed by atoms with Crippen molar-refractivity contribution in [3.8, 4) is 5.75 Å². The van der Waals surface area contributed by atoms with Crippen LogP contribution in [-0.4, -0.2) is 24.0 Å². The van der Waals surface area contributed by atoms with Crippen molar-refractivity contribution >= 4 is 21.9 Å². The Labute approximate surface area is 118 Å². The normalized spacial score (nSPS) is 20.7. The topological polar surface area (TPSA) is 78.7 Å². The van der Waals surface area contributed by atoms with E-state index >= 15 is 0 Å². The smallest absolute Gasteiger partial charge is 0.316 e. The van der Waals surface area contributed by atoms with E-state index in [2.05, 4.69) is 15.9 Å². The minimum Gasteiger partial charge on any atom is -0.496 e. The van der Waals surface area contributed by atoms with Crippen LogP contribution in [0.2, 0.25) is 0 Å². The Morgan fingerprint density at radius 1 is 1.58 bits per heavy atom. The molecule has 0 N–H and O–H groups in total. The van der Waals surface area contributed by atoms with Crippen LogP contribution >= 0.6 is 15.9 Å². The lowest BCUT2D eigenvalue weighted by atomic mass is 10.2. The molecule has 102 valence electrons. The molecule has 19 heavy (non-hydrogen) atoms. The highest BCUT2D eigenvalue weighted by Gasteiger charge is 2.54. The molecule has 0 bridgehead atoms. The van der Waals surface area contributed by atoms with Gasteiger partial charge < -0.3 is 9.47 Å². The molecule has 1 aromatic carbocycles. The molecule has 1 aliphatic carbocycles. The third kappa shape index (κ3) is 3.23.